The van der Waals surface area contributed by atoms with E-state index < -0.39 is 0 Å². The minimum Gasteiger partial charge on any atom is -0.338 e. The van der Waals surface area contributed by atoms with Crippen LogP contribution in [-0.4, -0.2) is 29.7 Å². The second-order valence-corrected chi connectivity index (χ2v) is 6.98. The Labute approximate surface area is 111 Å². The van der Waals surface area contributed by atoms with Crippen LogP contribution in [0.1, 0.15) is 60.3 Å². The zero-order chi connectivity index (χ0) is 13.8. The number of quaternary nitrogens is 1. The molecule has 1 aliphatic heterocycles. The molecule has 0 atom stereocenters. The Balaban J connectivity index is 2.44. The van der Waals surface area contributed by atoms with E-state index >= 15 is 0 Å². The summed E-state index contributed by atoms with van der Waals surface area (Å²) in [6.07, 6.45) is 4.21. The Kier molecular flexibility index (Phi) is 5.02. The van der Waals surface area contributed by atoms with E-state index in [4.69, 9.17) is 0 Å². The van der Waals surface area contributed by atoms with Crippen LogP contribution in [0.5, 0.6) is 0 Å². The van der Waals surface area contributed by atoms with Crippen LogP contribution in [0.15, 0.2) is 0 Å². The summed E-state index contributed by atoms with van der Waals surface area (Å²) >= 11 is 0. The minimum atomic E-state index is -0.0121. The number of hydrogen-bond donors (Lipinski definition) is 3. The predicted molar refractivity (Wildman–Crippen MR) is 74.5 cm³/mol. The molecule has 0 unspecified atom stereocenters. The van der Waals surface area contributed by atoms with Gasteiger partial charge >= 0.3 is 6.03 Å². The number of piperidine rings is 1. The number of rotatable bonds is 4. The molecule has 106 valence electrons. The summed E-state index contributed by atoms with van der Waals surface area (Å²) in [5.74, 6) is 0. The van der Waals surface area contributed by atoms with Crippen molar-refractivity contribution in [1.82, 2.24) is 10.6 Å². The average Bonchev–Trinajstić information content (AvgIpc) is 2.12. The number of urea groups is 1. The van der Waals surface area contributed by atoms with E-state index in [0.717, 1.165) is 32.2 Å². The smallest absolute Gasteiger partial charge is 0.315 e. The van der Waals surface area contributed by atoms with Gasteiger partial charge in [0.2, 0.25) is 0 Å². The van der Waals surface area contributed by atoms with Gasteiger partial charge in [0.25, 0.3) is 0 Å². The lowest BCUT2D eigenvalue weighted by Gasteiger charge is -2.43. The molecule has 0 aromatic rings. The lowest BCUT2D eigenvalue weighted by Crippen LogP contribution is -3.06. The van der Waals surface area contributed by atoms with Crippen molar-refractivity contribution in [2.45, 2.75) is 77.4 Å². The molecule has 1 saturated heterocycles. The summed E-state index contributed by atoms with van der Waals surface area (Å²) in [7, 11) is 0. The zero-order valence-electron chi connectivity index (χ0n) is 12.6. The second-order valence-electron chi connectivity index (χ2n) is 6.98. The maximum absolute atomic E-state index is 11.8. The van der Waals surface area contributed by atoms with E-state index in [2.05, 4.69) is 50.6 Å². The van der Waals surface area contributed by atoms with Gasteiger partial charge in [-0.05, 0) is 34.1 Å². The number of nitrogens with two attached hydrogens (primary N) is 1. The van der Waals surface area contributed by atoms with Gasteiger partial charge in [-0.25, -0.2) is 4.79 Å². The number of hydrogen-bond acceptors (Lipinski definition) is 1. The molecule has 1 fully saturated rings. The van der Waals surface area contributed by atoms with Crippen LogP contribution in [0, 0.1) is 0 Å². The van der Waals surface area contributed by atoms with Crippen LogP contribution in [-0.2, 0) is 0 Å². The minimum absolute atomic E-state index is 0.0121. The van der Waals surface area contributed by atoms with Crippen molar-refractivity contribution >= 4 is 6.03 Å². The van der Waals surface area contributed by atoms with Crippen LogP contribution >= 0.6 is 0 Å². The highest BCUT2D eigenvalue weighted by Crippen LogP contribution is 2.21. The van der Waals surface area contributed by atoms with Gasteiger partial charge in [0.15, 0.2) is 0 Å². The maximum atomic E-state index is 11.8. The first-order chi connectivity index (χ1) is 8.24. The summed E-state index contributed by atoms with van der Waals surface area (Å²) in [5, 5.41) is 8.47. The molecule has 1 rings (SSSR count). The first kappa shape index (κ1) is 15.3. The number of nitrogens with one attached hydrogen (secondary N) is 2. The first-order valence-corrected chi connectivity index (χ1v) is 7.15. The quantitative estimate of drug-likeness (QED) is 0.654. The van der Waals surface area contributed by atoms with Crippen LogP contribution < -0.4 is 16.0 Å². The van der Waals surface area contributed by atoms with E-state index in [9.17, 15) is 4.79 Å². The second kappa shape index (κ2) is 5.91. The molecule has 0 saturated carbocycles. The van der Waals surface area contributed by atoms with Gasteiger partial charge in [-0.15, -0.1) is 0 Å². The van der Waals surface area contributed by atoms with Crippen molar-refractivity contribution < 1.29 is 10.1 Å². The van der Waals surface area contributed by atoms with E-state index in [1.807, 2.05) is 0 Å². The standard InChI is InChI=1S/C14H29N3O/c1-6-7-8-15-12(18)16-11-9-13(2,3)17-14(4,5)10-11/h11,17H,6-10H2,1-5H3,(H2,15,16,18)/p+1. The normalized spacial score (nSPS) is 22.5. The molecule has 4 nitrogen and oxygen atoms in total. The Bertz CT molecular complexity index is 271. The molecule has 4 heteroatoms. The average molecular weight is 256 g/mol. The van der Waals surface area contributed by atoms with Crippen molar-refractivity contribution in [3.05, 3.63) is 0 Å². The molecular formula is C14H30N3O+. The summed E-state index contributed by atoms with van der Waals surface area (Å²) in [6.45, 7) is 11.9. The van der Waals surface area contributed by atoms with E-state index in [0.29, 0.717) is 0 Å². The third-order valence-corrected chi connectivity index (χ3v) is 3.48. The van der Waals surface area contributed by atoms with E-state index in [1.165, 1.54) is 0 Å². The van der Waals surface area contributed by atoms with Crippen LogP contribution in [0.3, 0.4) is 0 Å². The van der Waals surface area contributed by atoms with Gasteiger partial charge in [-0.2, -0.15) is 0 Å². The van der Waals surface area contributed by atoms with Crippen molar-refractivity contribution in [2.75, 3.05) is 6.54 Å². The molecule has 4 N–H and O–H groups in total. The molecule has 1 aliphatic rings. The molecule has 1 heterocycles. The van der Waals surface area contributed by atoms with Gasteiger partial charge in [0.05, 0.1) is 11.1 Å². The van der Waals surface area contributed by atoms with Crippen molar-refractivity contribution in [3.63, 3.8) is 0 Å². The highest BCUT2D eigenvalue weighted by atomic mass is 16.2. The van der Waals surface area contributed by atoms with Gasteiger partial charge < -0.3 is 16.0 Å². The zero-order valence-corrected chi connectivity index (χ0v) is 12.6. The molecule has 0 aliphatic carbocycles. The number of carbonyl (C=O) groups excluding carboxylic acids is 1. The van der Waals surface area contributed by atoms with E-state index in [-0.39, 0.29) is 23.2 Å². The third kappa shape index (κ3) is 5.25. The maximum Gasteiger partial charge on any atom is 0.315 e. The number of carbonyl (C=O) groups is 1. The molecule has 18 heavy (non-hydrogen) atoms. The molecule has 0 aromatic carbocycles. The van der Waals surface area contributed by atoms with Crippen molar-refractivity contribution in [1.29, 1.82) is 0 Å². The van der Waals surface area contributed by atoms with Crippen LogP contribution in [0.4, 0.5) is 4.79 Å². The summed E-state index contributed by atoms with van der Waals surface area (Å²) in [4.78, 5) is 11.8. The Morgan fingerprint density at radius 3 is 2.28 bits per heavy atom. The topological polar surface area (TPSA) is 57.7 Å². The third-order valence-electron chi connectivity index (χ3n) is 3.48. The molecule has 0 spiro atoms. The molecule has 0 radical (unpaired) electrons. The Morgan fingerprint density at radius 1 is 1.22 bits per heavy atom. The molecule has 0 aromatic heterocycles. The monoisotopic (exact) mass is 256 g/mol. The Morgan fingerprint density at radius 2 is 1.78 bits per heavy atom. The SMILES string of the molecule is CCCCNC(=O)NC1CC(C)(C)[NH2+]C(C)(C)C1. The first-order valence-electron chi connectivity index (χ1n) is 7.15. The lowest BCUT2D eigenvalue weighted by molar-refractivity contribution is -0.787. The molecule has 2 amide bonds. The van der Waals surface area contributed by atoms with Crippen molar-refractivity contribution in [3.8, 4) is 0 Å². The number of unbranched alkanes of at least 4 members (excludes halogenated alkanes) is 1. The van der Waals surface area contributed by atoms with Crippen LogP contribution in [0.25, 0.3) is 0 Å². The predicted octanol–water partition coefficient (Wildman–Crippen LogP) is 1.37. The Hall–Kier alpha value is -0.770. The number of amides is 2. The summed E-state index contributed by atoms with van der Waals surface area (Å²) in [6, 6.07) is 0.267. The molecule has 0 bridgehead atoms. The van der Waals surface area contributed by atoms with Gasteiger partial charge in [-0.1, -0.05) is 13.3 Å². The fourth-order valence-corrected chi connectivity index (χ4v) is 3.24. The fraction of sp³-hybridized carbons (Fsp3) is 0.929. The fourth-order valence-electron chi connectivity index (χ4n) is 3.24. The van der Waals surface area contributed by atoms with E-state index in [1.54, 1.807) is 0 Å². The summed E-state index contributed by atoms with van der Waals surface area (Å²) in [5.41, 5.74) is 0.395. The highest BCUT2D eigenvalue weighted by molar-refractivity contribution is 5.74. The van der Waals surface area contributed by atoms with Gasteiger partial charge in [0.1, 0.15) is 0 Å². The van der Waals surface area contributed by atoms with Crippen LogP contribution in [0.2, 0.25) is 0 Å². The molecular weight excluding hydrogens is 226 g/mol. The lowest BCUT2D eigenvalue weighted by atomic mass is 9.80. The van der Waals surface area contributed by atoms with Gasteiger partial charge in [-0.3, -0.25) is 0 Å². The van der Waals surface area contributed by atoms with Crippen molar-refractivity contribution in [2.24, 2.45) is 0 Å². The highest BCUT2D eigenvalue weighted by Gasteiger charge is 2.41. The summed E-state index contributed by atoms with van der Waals surface area (Å²) < 4.78 is 0. The van der Waals surface area contributed by atoms with Gasteiger partial charge in [0, 0.05) is 25.4 Å². The largest absolute Gasteiger partial charge is 0.338 e.